The molecule has 0 atom stereocenters. The van der Waals surface area contributed by atoms with E-state index in [0.29, 0.717) is 0 Å². The zero-order valence-corrected chi connectivity index (χ0v) is 13.1. The Balaban J connectivity index is 1.95. The molecule has 0 aromatic heterocycles. The van der Waals surface area contributed by atoms with Gasteiger partial charge in [0.2, 0.25) is 0 Å². The number of ether oxygens (including phenoxy) is 1. The SMILES string of the molecule is CCc1ccc(OCCCCCCCCCS)cc1. The highest BCUT2D eigenvalue weighted by molar-refractivity contribution is 7.80. The van der Waals surface area contributed by atoms with Crippen LogP contribution in [-0.2, 0) is 6.42 Å². The van der Waals surface area contributed by atoms with Gasteiger partial charge in [-0.25, -0.2) is 0 Å². The van der Waals surface area contributed by atoms with Crippen LogP contribution in [0.5, 0.6) is 5.75 Å². The molecule has 2 heteroatoms. The molecule has 0 unspecified atom stereocenters. The summed E-state index contributed by atoms with van der Waals surface area (Å²) < 4.78 is 5.74. The summed E-state index contributed by atoms with van der Waals surface area (Å²) in [6, 6.07) is 8.46. The van der Waals surface area contributed by atoms with Crippen LogP contribution >= 0.6 is 12.6 Å². The molecular weight excluding hydrogens is 252 g/mol. The molecule has 0 aliphatic heterocycles. The largest absolute Gasteiger partial charge is 0.494 e. The lowest BCUT2D eigenvalue weighted by Crippen LogP contribution is -1.97. The van der Waals surface area contributed by atoms with Gasteiger partial charge in [0.1, 0.15) is 5.75 Å². The number of aryl methyl sites for hydroxylation is 1. The Bertz CT molecular complexity index is 308. The molecule has 0 saturated heterocycles. The van der Waals surface area contributed by atoms with Gasteiger partial charge in [-0.3, -0.25) is 0 Å². The predicted octanol–water partition coefficient (Wildman–Crippen LogP) is 5.29. The predicted molar refractivity (Wildman–Crippen MR) is 87.5 cm³/mol. The maximum atomic E-state index is 5.74. The first-order chi connectivity index (χ1) is 9.36. The van der Waals surface area contributed by atoms with E-state index >= 15 is 0 Å². The molecule has 0 N–H and O–H groups in total. The molecule has 0 aliphatic carbocycles. The van der Waals surface area contributed by atoms with E-state index in [4.69, 9.17) is 4.74 Å². The van der Waals surface area contributed by atoms with E-state index in [-0.39, 0.29) is 0 Å². The van der Waals surface area contributed by atoms with E-state index in [1.165, 1.54) is 50.5 Å². The number of hydrogen-bond acceptors (Lipinski definition) is 2. The van der Waals surface area contributed by atoms with E-state index in [1.54, 1.807) is 0 Å². The molecule has 108 valence electrons. The Morgan fingerprint density at radius 1 is 0.842 bits per heavy atom. The molecule has 0 aliphatic rings. The number of hydrogen-bond donors (Lipinski definition) is 1. The first kappa shape index (κ1) is 16.4. The van der Waals surface area contributed by atoms with Gasteiger partial charge >= 0.3 is 0 Å². The zero-order valence-electron chi connectivity index (χ0n) is 12.2. The van der Waals surface area contributed by atoms with Crippen molar-refractivity contribution in [1.82, 2.24) is 0 Å². The molecule has 0 amide bonds. The Morgan fingerprint density at radius 2 is 1.42 bits per heavy atom. The van der Waals surface area contributed by atoms with Gasteiger partial charge in [0.15, 0.2) is 0 Å². The number of unbranched alkanes of at least 4 members (excludes halogenated alkanes) is 6. The molecule has 1 rings (SSSR count). The van der Waals surface area contributed by atoms with Crippen LogP contribution in [0.15, 0.2) is 24.3 Å². The van der Waals surface area contributed by atoms with Crippen LogP contribution < -0.4 is 4.74 Å². The van der Waals surface area contributed by atoms with Crippen LogP contribution in [0, 0.1) is 0 Å². The summed E-state index contributed by atoms with van der Waals surface area (Å²) in [5.74, 6) is 2.04. The third-order valence-corrected chi connectivity index (χ3v) is 3.72. The van der Waals surface area contributed by atoms with Crippen molar-refractivity contribution in [3.63, 3.8) is 0 Å². The van der Waals surface area contributed by atoms with E-state index in [2.05, 4.69) is 43.8 Å². The van der Waals surface area contributed by atoms with Gasteiger partial charge in [0, 0.05) is 0 Å². The van der Waals surface area contributed by atoms with Crippen LogP contribution in [0.1, 0.15) is 57.4 Å². The number of rotatable bonds is 11. The summed E-state index contributed by atoms with van der Waals surface area (Å²) in [4.78, 5) is 0. The number of thiol groups is 1. The van der Waals surface area contributed by atoms with Crippen LogP contribution in [0.2, 0.25) is 0 Å². The summed E-state index contributed by atoms with van der Waals surface area (Å²) >= 11 is 4.22. The molecule has 19 heavy (non-hydrogen) atoms. The fourth-order valence-electron chi connectivity index (χ4n) is 2.11. The number of benzene rings is 1. The Hall–Kier alpha value is -0.630. The first-order valence-corrected chi connectivity index (χ1v) is 8.32. The second-order valence-electron chi connectivity index (χ2n) is 5.04. The lowest BCUT2D eigenvalue weighted by Gasteiger charge is -2.06. The van der Waals surface area contributed by atoms with Crippen molar-refractivity contribution in [3.05, 3.63) is 29.8 Å². The quantitative estimate of drug-likeness (QED) is 0.428. The third-order valence-electron chi connectivity index (χ3n) is 3.40. The van der Waals surface area contributed by atoms with Crippen molar-refractivity contribution in [2.24, 2.45) is 0 Å². The second kappa shape index (κ2) is 11.2. The topological polar surface area (TPSA) is 9.23 Å². The van der Waals surface area contributed by atoms with Crippen molar-refractivity contribution in [3.8, 4) is 5.75 Å². The summed E-state index contributed by atoms with van der Waals surface area (Å²) in [5.41, 5.74) is 1.37. The average Bonchev–Trinajstić information content (AvgIpc) is 2.46. The minimum absolute atomic E-state index is 0.849. The van der Waals surface area contributed by atoms with Crippen LogP contribution in [-0.4, -0.2) is 12.4 Å². The highest BCUT2D eigenvalue weighted by Crippen LogP contribution is 2.13. The summed E-state index contributed by atoms with van der Waals surface area (Å²) in [6.07, 6.45) is 10.2. The lowest BCUT2D eigenvalue weighted by molar-refractivity contribution is 0.304. The van der Waals surface area contributed by atoms with Crippen molar-refractivity contribution in [2.45, 2.75) is 58.3 Å². The maximum Gasteiger partial charge on any atom is 0.119 e. The fraction of sp³-hybridized carbons (Fsp3) is 0.647. The maximum absolute atomic E-state index is 5.74. The molecule has 0 bridgehead atoms. The summed E-state index contributed by atoms with van der Waals surface area (Å²) in [7, 11) is 0. The third kappa shape index (κ3) is 8.20. The molecule has 0 heterocycles. The van der Waals surface area contributed by atoms with E-state index in [1.807, 2.05) is 0 Å². The van der Waals surface area contributed by atoms with E-state index in [0.717, 1.165) is 24.5 Å². The van der Waals surface area contributed by atoms with Gasteiger partial charge in [0.25, 0.3) is 0 Å². The van der Waals surface area contributed by atoms with Crippen LogP contribution in [0.3, 0.4) is 0 Å². The lowest BCUT2D eigenvalue weighted by atomic mass is 10.1. The van der Waals surface area contributed by atoms with Crippen LogP contribution in [0.4, 0.5) is 0 Å². The Labute approximate surface area is 124 Å². The molecule has 0 radical (unpaired) electrons. The van der Waals surface area contributed by atoms with E-state index in [9.17, 15) is 0 Å². The standard InChI is InChI=1S/C17H28OS/c1-2-16-10-12-17(13-11-16)18-14-8-6-4-3-5-7-9-15-19/h10-13,19H,2-9,14-15H2,1H3. The molecule has 0 fully saturated rings. The summed E-state index contributed by atoms with van der Waals surface area (Å²) in [5, 5.41) is 0. The average molecular weight is 280 g/mol. The molecule has 1 aromatic carbocycles. The molecule has 1 nitrogen and oxygen atoms in total. The van der Waals surface area contributed by atoms with Gasteiger partial charge in [-0.2, -0.15) is 12.6 Å². The Kier molecular flexibility index (Phi) is 9.70. The highest BCUT2D eigenvalue weighted by atomic mass is 32.1. The van der Waals surface area contributed by atoms with Gasteiger partial charge in [0.05, 0.1) is 6.61 Å². The molecular formula is C17H28OS. The molecule has 0 spiro atoms. The normalized spacial score (nSPS) is 10.6. The van der Waals surface area contributed by atoms with Gasteiger partial charge in [-0.15, -0.1) is 0 Å². The fourth-order valence-corrected chi connectivity index (χ4v) is 2.33. The smallest absolute Gasteiger partial charge is 0.119 e. The summed E-state index contributed by atoms with van der Waals surface area (Å²) in [6.45, 7) is 3.02. The van der Waals surface area contributed by atoms with Gasteiger partial charge in [-0.1, -0.05) is 51.2 Å². The zero-order chi connectivity index (χ0) is 13.8. The first-order valence-electron chi connectivity index (χ1n) is 7.69. The monoisotopic (exact) mass is 280 g/mol. The van der Waals surface area contributed by atoms with Gasteiger partial charge in [-0.05, 0) is 42.7 Å². The van der Waals surface area contributed by atoms with Crippen LogP contribution in [0.25, 0.3) is 0 Å². The minimum atomic E-state index is 0.849. The molecule has 0 saturated carbocycles. The molecule has 1 aromatic rings. The highest BCUT2D eigenvalue weighted by Gasteiger charge is 1.95. The van der Waals surface area contributed by atoms with E-state index < -0.39 is 0 Å². The second-order valence-corrected chi connectivity index (χ2v) is 5.49. The van der Waals surface area contributed by atoms with Crippen molar-refractivity contribution >= 4 is 12.6 Å². The van der Waals surface area contributed by atoms with Crippen molar-refractivity contribution < 1.29 is 4.74 Å². The minimum Gasteiger partial charge on any atom is -0.494 e. The van der Waals surface area contributed by atoms with Gasteiger partial charge < -0.3 is 4.74 Å². The van der Waals surface area contributed by atoms with Crippen molar-refractivity contribution in [2.75, 3.05) is 12.4 Å². The Morgan fingerprint density at radius 3 is 2.00 bits per heavy atom. The van der Waals surface area contributed by atoms with Crippen molar-refractivity contribution in [1.29, 1.82) is 0 Å².